The second-order valence-corrected chi connectivity index (χ2v) is 8.77. The minimum atomic E-state index is -0.187. The van der Waals surface area contributed by atoms with Gasteiger partial charge in [-0.1, -0.05) is 5.16 Å². The fraction of sp³-hybridized carbons (Fsp3) is 0.636. The van der Waals surface area contributed by atoms with Crippen molar-refractivity contribution >= 4 is 5.91 Å². The predicted molar refractivity (Wildman–Crippen MR) is 112 cm³/mol. The molecule has 2 aromatic rings. The molecule has 0 bridgehead atoms. The maximum absolute atomic E-state index is 13.2. The number of nitrogens with zero attached hydrogens (tertiary/aromatic N) is 4. The molecule has 0 aliphatic carbocycles. The van der Waals surface area contributed by atoms with E-state index in [-0.39, 0.29) is 23.9 Å². The Morgan fingerprint density at radius 1 is 1.27 bits per heavy atom. The van der Waals surface area contributed by atoms with Crippen LogP contribution in [0.4, 0.5) is 0 Å². The molecule has 0 aromatic carbocycles. The third-order valence-electron chi connectivity index (χ3n) is 6.49. The number of aromatic amines is 1. The SMILES string of the molecule is Cc1noc(C)c1CC(=O)N1CCCCC1c1nc2c(c(=O)[nH]1)CN(C(C)C)CC2. The maximum atomic E-state index is 13.2. The van der Waals surface area contributed by atoms with Crippen molar-refractivity contribution in [2.24, 2.45) is 0 Å². The number of likely N-dealkylation sites (tertiary alicyclic amines) is 1. The monoisotopic (exact) mass is 413 g/mol. The van der Waals surface area contributed by atoms with Gasteiger partial charge in [-0.25, -0.2) is 4.98 Å². The first-order chi connectivity index (χ1) is 14.3. The summed E-state index contributed by atoms with van der Waals surface area (Å²) in [6.45, 7) is 10.2. The maximum Gasteiger partial charge on any atom is 0.255 e. The van der Waals surface area contributed by atoms with Crippen molar-refractivity contribution in [3.63, 3.8) is 0 Å². The minimum absolute atomic E-state index is 0.0282. The van der Waals surface area contributed by atoms with Crippen LogP contribution in [0.1, 0.15) is 73.3 Å². The summed E-state index contributed by atoms with van der Waals surface area (Å²) in [6.07, 6.45) is 3.82. The molecule has 4 rings (SSSR count). The molecule has 162 valence electrons. The molecule has 1 saturated heterocycles. The van der Waals surface area contributed by atoms with Crippen LogP contribution in [-0.4, -0.2) is 50.0 Å². The van der Waals surface area contributed by atoms with Crippen molar-refractivity contribution in [3.8, 4) is 0 Å². The number of carbonyl (C=O) groups is 1. The number of hydrogen-bond donors (Lipinski definition) is 1. The third kappa shape index (κ3) is 3.93. The summed E-state index contributed by atoms with van der Waals surface area (Å²) < 4.78 is 5.21. The van der Waals surface area contributed by atoms with Crippen molar-refractivity contribution in [1.82, 2.24) is 24.9 Å². The zero-order chi connectivity index (χ0) is 21.4. The Kier molecular flexibility index (Phi) is 5.77. The number of aryl methyl sites for hydroxylation is 2. The molecular weight excluding hydrogens is 382 g/mol. The van der Waals surface area contributed by atoms with Crippen LogP contribution in [0.25, 0.3) is 0 Å². The van der Waals surface area contributed by atoms with Crippen LogP contribution in [0.5, 0.6) is 0 Å². The van der Waals surface area contributed by atoms with Gasteiger partial charge in [-0.15, -0.1) is 0 Å². The van der Waals surface area contributed by atoms with Crippen LogP contribution in [0.3, 0.4) is 0 Å². The molecule has 1 amide bonds. The Morgan fingerprint density at radius 3 is 2.77 bits per heavy atom. The van der Waals surface area contributed by atoms with Crippen molar-refractivity contribution in [2.45, 2.75) is 78.4 Å². The molecule has 1 unspecified atom stereocenters. The predicted octanol–water partition coefficient (Wildman–Crippen LogP) is 2.44. The van der Waals surface area contributed by atoms with Gasteiger partial charge in [0.2, 0.25) is 5.91 Å². The van der Waals surface area contributed by atoms with E-state index in [0.29, 0.717) is 30.7 Å². The molecule has 0 spiro atoms. The van der Waals surface area contributed by atoms with E-state index >= 15 is 0 Å². The number of piperidine rings is 1. The second-order valence-electron chi connectivity index (χ2n) is 8.77. The molecule has 8 nitrogen and oxygen atoms in total. The summed E-state index contributed by atoms with van der Waals surface area (Å²) in [7, 11) is 0. The van der Waals surface area contributed by atoms with Gasteiger partial charge in [0, 0.05) is 37.7 Å². The van der Waals surface area contributed by atoms with Gasteiger partial charge in [0.1, 0.15) is 11.6 Å². The fourth-order valence-corrected chi connectivity index (χ4v) is 4.59. The third-order valence-corrected chi connectivity index (χ3v) is 6.49. The molecular formula is C22H31N5O3. The van der Waals surface area contributed by atoms with E-state index in [4.69, 9.17) is 9.51 Å². The van der Waals surface area contributed by atoms with Gasteiger partial charge in [-0.05, 0) is 47.0 Å². The minimum Gasteiger partial charge on any atom is -0.361 e. The molecule has 4 heterocycles. The average molecular weight is 414 g/mol. The Labute approximate surface area is 176 Å². The molecule has 1 atom stereocenters. The summed E-state index contributed by atoms with van der Waals surface area (Å²) in [6, 6.07) is 0.209. The van der Waals surface area contributed by atoms with E-state index in [2.05, 4.69) is 28.9 Å². The van der Waals surface area contributed by atoms with E-state index in [1.165, 1.54) is 0 Å². The van der Waals surface area contributed by atoms with Crippen LogP contribution in [0.2, 0.25) is 0 Å². The lowest BCUT2D eigenvalue weighted by atomic mass is 9.98. The quantitative estimate of drug-likeness (QED) is 0.827. The van der Waals surface area contributed by atoms with Gasteiger partial charge < -0.3 is 14.4 Å². The normalized spacial score (nSPS) is 19.9. The molecule has 1 fully saturated rings. The summed E-state index contributed by atoms with van der Waals surface area (Å²) >= 11 is 0. The largest absolute Gasteiger partial charge is 0.361 e. The van der Waals surface area contributed by atoms with Crippen LogP contribution in [0.15, 0.2) is 9.32 Å². The number of nitrogens with one attached hydrogen (secondary N) is 1. The number of amides is 1. The zero-order valence-corrected chi connectivity index (χ0v) is 18.3. The van der Waals surface area contributed by atoms with Gasteiger partial charge in [-0.3, -0.25) is 14.5 Å². The van der Waals surface area contributed by atoms with Crippen LogP contribution < -0.4 is 5.56 Å². The van der Waals surface area contributed by atoms with E-state index in [1.54, 1.807) is 0 Å². The summed E-state index contributed by atoms with van der Waals surface area (Å²) in [4.78, 5) is 38.1. The number of aromatic nitrogens is 3. The summed E-state index contributed by atoms with van der Waals surface area (Å²) in [5, 5.41) is 3.96. The molecule has 0 saturated carbocycles. The van der Waals surface area contributed by atoms with Gasteiger partial charge in [0.15, 0.2) is 0 Å². The molecule has 1 N–H and O–H groups in total. The number of carbonyl (C=O) groups excluding carboxylic acids is 1. The first-order valence-electron chi connectivity index (χ1n) is 10.9. The fourth-order valence-electron chi connectivity index (χ4n) is 4.59. The molecule has 8 heteroatoms. The Bertz CT molecular complexity index is 974. The molecule has 2 aliphatic rings. The summed E-state index contributed by atoms with van der Waals surface area (Å²) in [5.74, 6) is 1.34. The highest BCUT2D eigenvalue weighted by Crippen LogP contribution is 2.30. The van der Waals surface area contributed by atoms with Crippen molar-refractivity contribution in [3.05, 3.63) is 44.5 Å². The van der Waals surface area contributed by atoms with Crippen LogP contribution in [0, 0.1) is 13.8 Å². The van der Waals surface area contributed by atoms with E-state index in [0.717, 1.165) is 54.7 Å². The van der Waals surface area contributed by atoms with Gasteiger partial charge in [0.25, 0.3) is 5.56 Å². The standard InChI is InChI=1S/C22H31N5O3/c1-13(2)26-10-8-18-17(12-26)22(29)24-21(23-18)19-7-5-6-9-27(19)20(28)11-16-14(3)25-30-15(16)4/h13,19H,5-12H2,1-4H3,(H,23,24,29). The molecule has 30 heavy (non-hydrogen) atoms. The number of H-pyrrole nitrogens is 1. The second kappa shape index (κ2) is 8.34. The van der Waals surface area contributed by atoms with E-state index < -0.39 is 0 Å². The van der Waals surface area contributed by atoms with Gasteiger partial charge in [-0.2, -0.15) is 0 Å². The Balaban J connectivity index is 1.60. The average Bonchev–Trinajstić information content (AvgIpc) is 3.05. The highest BCUT2D eigenvalue weighted by molar-refractivity contribution is 5.79. The number of hydrogen-bond acceptors (Lipinski definition) is 6. The molecule has 0 radical (unpaired) electrons. The molecule has 2 aromatic heterocycles. The van der Waals surface area contributed by atoms with Crippen molar-refractivity contribution in [1.29, 1.82) is 0 Å². The first kappa shape index (κ1) is 20.8. The topological polar surface area (TPSA) is 95.3 Å². The van der Waals surface area contributed by atoms with Crippen LogP contribution >= 0.6 is 0 Å². The smallest absolute Gasteiger partial charge is 0.255 e. The lowest BCUT2D eigenvalue weighted by Crippen LogP contribution is -2.43. The van der Waals surface area contributed by atoms with Crippen molar-refractivity contribution in [2.75, 3.05) is 13.1 Å². The lowest BCUT2D eigenvalue weighted by Gasteiger charge is -2.36. The first-order valence-corrected chi connectivity index (χ1v) is 10.9. The van der Waals surface area contributed by atoms with E-state index in [1.807, 2.05) is 18.7 Å². The highest BCUT2D eigenvalue weighted by atomic mass is 16.5. The van der Waals surface area contributed by atoms with Crippen molar-refractivity contribution < 1.29 is 9.32 Å². The van der Waals surface area contributed by atoms with E-state index in [9.17, 15) is 9.59 Å². The zero-order valence-electron chi connectivity index (χ0n) is 18.3. The Morgan fingerprint density at radius 2 is 2.07 bits per heavy atom. The molecule has 2 aliphatic heterocycles. The lowest BCUT2D eigenvalue weighted by molar-refractivity contribution is -0.134. The Hall–Kier alpha value is -2.48. The number of fused-ring (bicyclic) bond motifs is 1. The van der Waals surface area contributed by atoms with Gasteiger partial charge in [0.05, 0.1) is 29.4 Å². The highest BCUT2D eigenvalue weighted by Gasteiger charge is 2.32. The van der Waals surface area contributed by atoms with Gasteiger partial charge >= 0.3 is 0 Å². The van der Waals surface area contributed by atoms with Crippen LogP contribution in [-0.2, 0) is 24.2 Å². The number of rotatable bonds is 4. The summed E-state index contributed by atoms with van der Waals surface area (Å²) in [5.41, 5.74) is 3.19.